The normalized spacial score (nSPS) is 14.1. The van der Waals surface area contributed by atoms with Crippen molar-refractivity contribution in [1.82, 2.24) is 10.2 Å². The lowest BCUT2D eigenvalue weighted by molar-refractivity contribution is -0.143. The fourth-order valence-electron chi connectivity index (χ4n) is 4.38. The van der Waals surface area contributed by atoms with Crippen LogP contribution in [-0.4, -0.2) is 53.7 Å². The second kappa shape index (κ2) is 11.2. The summed E-state index contributed by atoms with van der Waals surface area (Å²) in [6.07, 6.45) is -0.475. The smallest absolute Gasteiger partial charge is 0.407 e. The van der Waals surface area contributed by atoms with Crippen molar-refractivity contribution in [1.29, 1.82) is 0 Å². The number of carbonyl (C=O) groups excluding carboxylic acids is 2. The molecule has 0 spiro atoms. The topological polar surface area (TPSA) is 95.9 Å². The van der Waals surface area contributed by atoms with Crippen molar-refractivity contribution in [3.63, 3.8) is 0 Å². The number of carbonyl (C=O) groups is 3. The van der Waals surface area contributed by atoms with Crippen LogP contribution in [0.1, 0.15) is 51.2 Å². The van der Waals surface area contributed by atoms with Gasteiger partial charge in [-0.15, -0.1) is 0 Å². The third kappa shape index (κ3) is 5.76. The molecule has 34 heavy (non-hydrogen) atoms. The Balaban J connectivity index is 1.61. The van der Waals surface area contributed by atoms with E-state index in [0.717, 1.165) is 22.3 Å². The number of benzene rings is 2. The van der Waals surface area contributed by atoms with Crippen LogP contribution in [0.5, 0.6) is 0 Å². The van der Waals surface area contributed by atoms with Gasteiger partial charge in [-0.25, -0.2) is 4.79 Å². The maximum atomic E-state index is 12.8. The largest absolute Gasteiger partial charge is 0.481 e. The summed E-state index contributed by atoms with van der Waals surface area (Å²) in [4.78, 5) is 38.2. The molecule has 0 fully saturated rings. The third-order valence-corrected chi connectivity index (χ3v) is 6.50. The van der Waals surface area contributed by atoms with Crippen molar-refractivity contribution >= 4 is 18.0 Å². The second-order valence-corrected chi connectivity index (χ2v) is 9.20. The molecule has 2 aromatic rings. The number of fused-ring (bicyclic) bond motifs is 3. The summed E-state index contributed by atoms with van der Waals surface area (Å²) in [5.74, 6) is -1.82. The van der Waals surface area contributed by atoms with Crippen LogP contribution in [0.4, 0.5) is 4.79 Å². The van der Waals surface area contributed by atoms with Crippen LogP contribution in [0, 0.1) is 11.8 Å². The van der Waals surface area contributed by atoms with E-state index in [1.165, 1.54) is 4.90 Å². The maximum absolute atomic E-state index is 12.8. The molecule has 1 aliphatic carbocycles. The minimum atomic E-state index is -0.941. The van der Waals surface area contributed by atoms with Crippen molar-refractivity contribution in [3.05, 3.63) is 59.7 Å². The highest BCUT2D eigenvalue weighted by Crippen LogP contribution is 2.44. The zero-order valence-corrected chi connectivity index (χ0v) is 20.3. The van der Waals surface area contributed by atoms with Crippen molar-refractivity contribution in [2.75, 3.05) is 19.7 Å². The number of aliphatic carboxylic acids is 1. The Hall–Kier alpha value is -3.35. The Labute approximate surface area is 201 Å². The fourth-order valence-corrected chi connectivity index (χ4v) is 4.38. The van der Waals surface area contributed by atoms with E-state index in [4.69, 9.17) is 9.84 Å². The van der Waals surface area contributed by atoms with Gasteiger partial charge in [0.2, 0.25) is 5.91 Å². The quantitative estimate of drug-likeness (QED) is 0.537. The highest BCUT2D eigenvalue weighted by atomic mass is 16.5. The fraction of sp³-hybridized carbons (Fsp3) is 0.444. The summed E-state index contributed by atoms with van der Waals surface area (Å²) in [5.41, 5.74) is 4.59. The number of rotatable bonds is 10. The number of nitrogens with zero attached hydrogens (tertiary/aromatic N) is 1. The Morgan fingerprint density at radius 3 is 2.06 bits per heavy atom. The number of hydrogen-bond acceptors (Lipinski definition) is 4. The number of nitrogens with one attached hydrogen (secondary N) is 1. The molecule has 1 unspecified atom stereocenters. The van der Waals surface area contributed by atoms with E-state index in [2.05, 4.69) is 29.6 Å². The predicted octanol–water partition coefficient (Wildman–Crippen LogP) is 4.51. The van der Waals surface area contributed by atoms with Gasteiger partial charge in [0.1, 0.15) is 6.61 Å². The maximum Gasteiger partial charge on any atom is 0.407 e. The van der Waals surface area contributed by atoms with Gasteiger partial charge in [-0.1, -0.05) is 69.3 Å². The molecular weight excluding hydrogens is 432 g/mol. The standard InChI is InChI=1S/C27H34N2O5/c1-5-29(15-18(4)26(31)32)25(30)14-24(17(2)3)28-27(33)34-16-23-21-12-8-6-10-19(21)20-11-7-9-13-22(20)23/h6-13,17-18,23-24H,5,14-16H2,1-4H3,(H,28,33)(H,31,32)/t18?,24-/m0/s1. The molecule has 3 rings (SSSR count). The molecule has 0 bridgehead atoms. The number of ether oxygens (including phenoxy) is 1. The van der Waals surface area contributed by atoms with E-state index in [1.807, 2.05) is 45.0 Å². The molecule has 0 radical (unpaired) electrons. The molecule has 2 atom stereocenters. The summed E-state index contributed by atoms with van der Waals surface area (Å²) >= 11 is 0. The van der Waals surface area contributed by atoms with E-state index in [-0.39, 0.29) is 37.3 Å². The molecule has 0 aliphatic heterocycles. The highest BCUT2D eigenvalue weighted by Gasteiger charge is 2.30. The molecule has 0 saturated carbocycles. The third-order valence-electron chi connectivity index (χ3n) is 6.50. The lowest BCUT2D eigenvalue weighted by Gasteiger charge is -2.27. The van der Waals surface area contributed by atoms with Gasteiger partial charge >= 0.3 is 12.1 Å². The Bertz CT molecular complexity index is 990. The molecule has 0 saturated heterocycles. The van der Waals surface area contributed by atoms with Gasteiger partial charge in [-0.3, -0.25) is 9.59 Å². The van der Waals surface area contributed by atoms with Crippen LogP contribution in [0.15, 0.2) is 48.5 Å². The van der Waals surface area contributed by atoms with Crippen molar-refractivity contribution in [2.45, 2.75) is 46.1 Å². The van der Waals surface area contributed by atoms with Crippen LogP contribution in [0.2, 0.25) is 0 Å². The molecule has 7 nitrogen and oxygen atoms in total. The van der Waals surface area contributed by atoms with Crippen molar-refractivity contribution < 1.29 is 24.2 Å². The van der Waals surface area contributed by atoms with Gasteiger partial charge in [0.05, 0.1) is 5.92 Å². The summed E-state index contributed by atoms with van der Waals surface area (Å²) < 4.78 is 5.63. The van der Waals surface area contributed by atoms with Crippen LogP contribution >= 0.6 is 0 Å². The first-order valence-electron chi connectivity index (χ1n) is 11.8. The van der Waals surface area contributed by atoms with Crippen LogP contribution in [0.25, 0.3) is 11.1 Å². The molecule has 0 heterocycles. The molecule has 0 aromatic heterocycles. The van der Waals surface area contributed by atoms with Crippen molar-refractivity contribution in [3.8, 4) is 11.1 Å². The zero-order chi connectivity index (χ0) is 24.8. The molecule has 1 aliphatic rings. The van der Waals surface area contributed by atoms with E-state index in [1.54, 1.807) is 6.92 Å². The van der Waals surface area contributed by atoms with Gasteiger partial charge in [-0.05, 0) is 35.1 Å². The molecule has 2 amide bonds. The zero-order valence-electron chi connectivity index (χ0n) is 20.3. The Morgan fingerprint density at radius 2 is 1.56 bits per heavy atom. The molecule has 7 heteroatoms. The number of hydrogen-bond donors (Lipinski definition) is 2. The first-order valence-corrected chi connectivity index (χ1v) is 11.8. The van der Waals surface area contributed by atoms with Crippen molar-refractivity contribution in [2.24, 2.45) is 11.8 Å². The molecule has 2 N–H and O–H groups in total. The summed E-state index contributed by atoms with van der Waals surface area (Å²) in [6.45, 7) is 8.00. The summed E-state index contributed by atoms with van der Waals surface area (Å²) in [5, 5.41) is 12.0. The minimum Gasteiger partial charge on any atom is -0.481 e. The number of alkyl carbamates (subject to hydrolysis) is 1. The Kier molecular flexibility index (Phi) is 8.31. The molecule has 2 aromatic carbocycles. The minimum absolute atomic E-state index is 0.0000332. The molecular formula is C27H34N2O5. The predicted molar refractivity (Wildman–Crippen MR) is 131 cm³/mol. The molecule has 182 valence electrons. The van der Waals surface area contributed by atoms with Crippen LogP contribution < -0.4 is 5.32 Å². The average Bonchev–Trinajstić information content (AvgIpc) is 3.14. The van der Waals surface area contributed by atoms with Gasteiger partial charge < -0.3 is 20.1 Å². The van der Waals surface area contributed by atoms with Gasteiger partial charge in [-0.2, -0.15) is 0 Å². The van der Waals surface area contributed by atoms with Gasteiger partial charge in [0.15, 0.2) is 0 Å². The van der Waals surface area contributed by atoms with Gasteiger partial charge in [0.25, 0.3) is 0 Å². The first-order chi connectivity index (χ1) is 16.2. The van der Waals surface area contributed by atoms with Gasteiger partial charge in [0, 0.05) is 31.5 Å². The summed E-state index contributed by atoms with van der Waals surface area (Å²) in [7, 11) is 0. The van der Waals surface area contributed by atoms with E-state index >= 15 is 0 Å². The van der Waals surface area contributed by atoms with Crippen LogP contribution in [-0.2, 0) is 14.3 Å². The van der Waals surface area contributed by atoms with E-state index in [9.17, 15) is 14.4 Å². The summed E-state index contributed by atoms with van der Waals surface area (Å²) in [6, 6.07) is 15.9. The Morgan fingerprint density at radius 1 is 1.00 bits per heavy atom. The lowest BCUT2D eigenvalue weighted by Crippen LogP contribution is -2.45. The monoisotopic (exact) mass is 466 g/mol. The first kappa shape index (κ1) is 25.3. The number of carboxylic acid groups (broad SMARTS) is 1. The van der Waals surface area contributed by atoms with Crippen LogP contribution in [0.3, 0.4) is 0 Å². The SMILES string of the molecule is CCN(CC(C)C(=O)O)C(=O)C[C@H](NC(=O)OCC1c2ccccc2-c2ccccc21)C(C)C. The average molecular weight is 467 g/mol. The van der Waals surface area contributed by atoms with E-state index < -0.39 is 24.0 Å². The number of amides is 2. The van der Waals surface area contributed by atoms with E-state index in [0.29, 0.717) is 6.54 Å². The highest BCUT2D eigenvalue weighted by molar-refractivity contribution is 5.80. The second-order valence-electron chi connectivity index (χ2n) is 9.20. The number of carboxylic acids is 1. The lowest BCUT2D eigenvalue weighted by atomic mass is 9.98.